The molecule has 1 rings (SSSR count). The highest BCUT2D eigenvalue weighted by Crippen LogP contribution is 2.21. The van der Waals surface area contributed by atoms with E-state index >= 15 is 0 Å². The van der Waals surface area contributed by atoms with Crippen LogP contribution in [-0.4, -0.2) is 22.5 Å². The van der Waals surface area contributed by atoms with Gasteiger partial charge < -0.3 is 16.2 Å². The summed E-state index contributed by atoms with van der Waals surface area (Å²) in [5, 5.41) is 11.8. The zero-order valence-electron chi connectivity index (χ0n) is 9.86. The molecule has 1 aromatic carbocycles. The van der Waals surface area contributed by atoms with Gasteiger partial charge in [-0.2, -0.15) is 0 Å². The van der Waals surface area contributed by atoms with Gasteiger partial charge in [-0.1, -0.05) is 12.1 Å². The van der Waals surface area contributed by atoms with Crippen LogP contribution >= 0.6 is 0 Å². The fourth-order valence-corrected chi connectivity index (χ4v) is 1.59. The number of carboxylic acids is 1. The van der Waals surface area contributed by atoms with Crippen molar-refractivity contribution in [2.45, 2.75) is 25.8 Å². The van der Waals surface area contributed by atoms with Crippen molar-refractivity contribution in [3.8, 4) is 0 Å². The second kappa shape index (κ2) is 4.86. The fourth-order valence-electron chi connectivity index (χ4n) is 1.59. The maximum Gasteiger partial charge on any atom is 0.305 e. The highest BCUT2D eigenvalue weighted by atomic mass is 16.4. The van der Waals surface area contributed by atoms with E-state index in [1.807, 2.05) is 0 Å². The summed E-state index contributed by atoms with van der Waals surface area (Å²) in [4.78, 5) is 21.9. The highest BCUT2D eigenvalue weighted by Gasteiger charge is 2.22. The first kappa shape index (κ1) is 13.0. The van der Waals surface area contributed by atoms with Gasteiger partial charge in [0.15, 0.2) is 0 Å². The minimum atomic E-state index is -0.904. The average Bonchev–Trinajstić information content (AvgIpc) is 2.14. The van der Waals surface area contributed by atoms with Gasteiger partial charge in [0.05, 0.1) is 12.0 Å². The third-order valence-electron chi connectivity index (χ3n) is 2.26. The first-order valence-electron chi connectivity index (χ1n) is 5.20. The Kier molecular flexibility index (Phi) is 3.73. The van der Waals surface area contributed by atoms with E-state index < -0.39 is 17.4 Å². The van der Waals surface area contributed by atoms with E-state index in [1.54, 1.807) is 38.1 Å². The largest absolute Gasteiger partial charge is 0.481 e. The molecule has 92 valence electrons. The number of amides is 1. The number of nitrogens with one attached hydrogen (secondary N) is 1. The maximum absolute atomic E-state index is 11.2. The van der Waals surface area contributed by atoms with Gasteiger partial charge in [0, 0.05) is 11.2 Å². The number of nitrogens with two attached hydrogens (primary N) is 1. The van der Waals surface area contributed by atoms with Gasteiger partial charge in [0.2, 0.25) is 0 Å². The quantitative estimate of drug-likeness (QED) is 0.721. The molecule has 0 aromatic heterocycles. The monoisotopic (exact) mass is 236 g/mol. The average molecular weight is 236 g/mol. The Morgan fingerprint density at radius 3 is 2.47 bits per heavy atom. The fraction of sp³-hybridized carbons (Fsp3) is 0.333. The van der Waals surface area contributed by atoms with Crippen LogP contribution in [0.5, 0.6) is 0 Å². The van der Waals surface area contributed by atoms with Crippen LogP contribution in [0.2, 0.25) is 0 Å². The number of hydrogen-bond donors (Lipinski definition) is 3. The molecule has 5 heteroatoms. The highest BCUT2D eigenvalue weighted by molar-refractivity contribution is 5.98. The summed E-state index contributed by atoms with van der Waals surface area (Å²) in [6.07, 6.45) is -0.0555. The lowest BCUT2D eigenvalue weighted by molar-refractivity contribution is -0.137. The van der Waals surface area contributed by atoms with E-state index in [0.29, 0.717) is 11.3 Å². The Labute approximate surface area is 99.6 Å². The van der Waals surface area contributed by atoms with E-state index in [9.17, 15) is 9.59 Å². The van der Waals surface area contributed by atoms with E-state index in [2.05, 4.69) is 5.32 Å². The van der Waals surface area contributed by atoms with Crippen molar-refractivity contribution >= 4 is 17.6 Å². The lowest BCUT2D eigenvalue weighted by atomic mass is 9.99. The number of carbonyl (C=O) groups is 2. The molecule has 1 amide bonds. The van der Waals surface area contributed by atoms with Gasteiger partial charge in [-0.3, -0.25) is 9.59 Å². The zero-order valence-corrected chi connectivity index (χ0v) is 9.86. The molecule has 0 atom stereocenters. The molecule has 0 saturated carbocycles. The summed E-state index contributed by atoms with van der Waals surface area (Å²) in [5.41, 5.74) is 5.48. The van der Waals surface area contributed by atoms with Crippen molar-refractivity contribution in [2.75, 3.05) is 5.32 Å². The number of primary amides is 1. The topological polar surface area (TPSA) is 92.4 Å². The SMILES string of the molecule is CC(C)(CC(=O)O)Nc1ccccc1C(N)=O. The summed E-state index contributed by atoms with van der Waals surface area (Å²) in [6, 6.07) is 6.76. The molecule has 0 aliphatic carbocycles. The van der Waals surface area contributed by atoms with E-state index in [1.165, 1.54) is 0 Å². The molecule has 0 heterocycles. The molecular weight excluding hydrogens is 220 g/mol. The van der Waals surface area contributed by atoms with E-state index in [-0.39, 0.29) is 6.42 Å². The Bertz CT molecular complexity index is 441. The summed E-state index contributed by atoms with van der Waals surface area (Å²) in [5.74, 6) is -1.45. The predicted molar refractivity (Wildman–Crippen MR) is 64.9 cm³/mol. The van der Waals surface area contributed by atoms with Crippen molar-refractivity contribution in [1.29, 1.82) is 0 Å². The summed E-state index contributed by atoms with van der Waals surface area (Å²) in [6.45, 7) is 3.50. The van der Waals surface area contributed by atoms with Crippen molar-refractivity contribution in [3.63, 3.8) is 0 Å². The van der Waals surface area contributed by atoms with Gasteiger partial charge in [-0.25, -0.2) is 0 Å². The first-order chi connectivity index (χ1) is 7.82. The molecule has 5 nitrogen and oxygen atoms in total. The van der Waals surface area contributed by atoms with Crippen LogP contribution in [0.3, 0.4) is 0 Å². The van der Waals surface area contributed by atoms with Gasteiger partial charge in [0.25, 0.3) is 5.91 Å². The molecule has 4 N–H and O–H groups in total. The molecule has 17 heavy (non-hydrogen) atoms. The maximum atomic E-state index is 11.2. The molecule has 0 aliphatic heterocycles. The molecule has 0 aliphatic rings. The number of benzene rings is 1. The normalized spacial score (nSPS) is 10.9. The van der Waals surface area contributed by atoms with Crippen LogP contribution in [-0.2, 0) is 4.79 Å². The van der Waals surface area contributed by atoms with Crippen molar-refractivity contribution in [1.82, 2.24) is 0 Å². The molecule has 0 unspecified atom stereocenters. The third-order valence-corrected chi connectivity index (χ3v) is 2.26. The molecule has 0 fully saturated rings. The number of carbonyl (C=O) groups excluding carboxylic acids is 1. The standard InChI is InChI=1S/C12H16N2O3/c1-12(2,7-10(15)16)14-9-6-4-3-5-8(9)11(13)17/h3-6,14H,7H2,1-2H3,(H2,13,17)(H,15,16). The molecule has 0 spiro atoms. The van der Waals surface area contributed by atoms with Crippen LogP contribution in [0.4, 0.5) is 5.69 Å². The number of anilines is 1. The molecular formula is C12H16N2O3. The number of para-hydroxylation sites is 1. The van der Waals surface area contributed by atoms with Crippen LogP contribution < -0.4 is 11.1 Å². The van der Waals surface area contributed by atoms with Crippen LogP contribution in [0.1, 0.15) is 30.6 Å². The predicted octanol–water partition coefficient (Wildman–Crippen LogP) is 1.45. The first-order valence-corrected chi connectivity index (χ1v) is 5.20. The Balaban J connectivity index is 2.95. The Morgan fingerprint density at radius 1 is 1.35 bits per heavy atom. The summed E-state index contributed by atoms with van der Waals surface area (Å²) in [7, 11) is 0. The van der Waals surface area contributed by atoms with Gasteiger partial charge >= 0.3 is 5.97 Å². The second-order valence-electron chi connectivity index (χ2n) is 4.49. The van der Waals surface area contributed by atoms with Crippen molar-refractivity contribution in [3.05, 3.63) is 29.8 Å². The lowest BCUT2D eigenvalue weighted by Gasteiger charge is -2.26. The zero-order chi connectivity index (χ0) is 13.1. The number of aliphatic carboxylic acids is 1. The summed E-state index contributed by atoms with van der Waals surface area (Å²) >= 11 is 0. The number of rotatable bonds is 5. The lowest BCUT2D eigenvalue weighted by Crippen LogP contribution is -2.34. The number of carboxylic acid groups (broad SMARTS) is 1. The van der Waals surface area contributed by atoms with Gasteiger partial charge in [0.1, 0.15) is 0 Å². The smallest absolute Gasteiger partial charge is 0.305 e. The van der Waals surface area contributed by atoms with Gasteiger partial charge in [-0.05, 0) is 26.0 Å². The molecule has 0 saturated heterocycles. The van der Waals surface area contributed by atoms with Crippen molar-refractivity contribution < 1.29 is 14.7 Å². The van der Waals surface area contributed by atoms with E-state index in [4.69, 9.17) is 10.8 Å². The van der Waals surface area contributed by atoms with Gasteiger partial charge in [-0.15, -0.1) is 0 Å². The summed E-state index contributed by atoms with van der Waals surface area (Å²) < 4.78 is 0. The Morgan fingerprint density at radius 2 is 1.94 bits per heavy atom. The van der Waals surface area contributed by atoms with Crippen LogP contribution in [0.15, 0.2) is 24.3 Å². The third kappa shape index (κ3) is 3.79. The molecule has 0 radical (unpaired) electrons. The van der Waals surface area contributed by atoms with E-state index in [0.717, 1.165) is 0 Å². The second-order valence-corrected chi connectivity index (χ2v) is 4.49. The Hall–Kier alpha value is -2.04. The number of hydrogen-bond acceptors (Lipinski definition) is 3. The molecule has 0 bridgehead atoms. The van der Waals surface area contributed by atoms with Crippen LogP contribution in [0.25, 0.3) is 0 Å². The van der Waals surface area contributed by atoms with Crippen molar-refractivity contribution in [2.24, 2.45) is 5.73 Å². The minimum absolute atomic E-state index is 0.0555. The molecule has 1 aromatic rings. The van der Waals surface area contributed by atoms with Crippen LogP contribution in [0, 0.1) is 0 Å². The minimum Gasteiger partial charge on any atom is -0.481 e.